The summed E-state index contributed by atoms with van der Waals surface area (Å²) < 4.78 is 0.0366. The number of hydrogen-bond donors (Lipinski definition) is 1. The molecule has 1 spiro atoms. The molecule has 0 unspecified atom stereocenters. The normalized spacial score (nSPS) is 40.9. The molecule has 5 aliphatic rings. The summed E-state index contributed by atoms with van der Waals surface area (Å²) in [5.41, 5.74) is 3.10. The third kappa shape index (κ3) is 3.13. The van der Waals surface area contributed by atoms with Gasteiger partial charge in [-0.2, -0.15) is 0 Å². The zero-order valence-electron chi connectivity index (χ0n) is 21.7. The minimum atomic E-state index is -0.894. The van der Waals surface area contributed by atoms with Gasteiger partial charge in [0.15, 0.2) is 5.78 Å². The van der Waals surface area contributed by atoms with Crippen LogP contribution in [0.5, 0.6) is 0 Å². The number of fused-ring (bicyclic) bond motifs is 4. The van der Waals surface area contributed by atoms with E-state index in [0.29, 0.717) is 35.9 Å². The van der Waals surface area contributed by atoms with Crippen LogP contribution in [0.1, 0.15) is 84.1 Å². The third-order valence-corrected chi connectivity index (χ3v) is 12.4. The average molecular weight is 490 g/mol. The summed E-state index contributed by atoms with van der Waals surface area (Å²) in [6.07, 6.45) is 8.70. The van der Waals surface area contributed by atoms with Gasteiger partial charge in [-0.25, -0.2) is 0 Å². The maximum Gasteiger partial charge on any atom is 0.155 e. The topological polar surface area (TPSA) is 40.5 Å². The Kier molecular flexibility index (Phi) is 5.52. The summed E-state index contributed by atoms with van der Waals surface area (Å²) in [7, 11) is 0. The summed E-state index contributed by atoms with van der Waals surface area (Å²) >= 11 is 2.09. The number of rotatable bonds is 3. The molecule has 1 heterocycles. The van der Waals surface area contributed by atoms with Gasteiger partial charge in [0.1, 0.15) is 5.60 Å². The van der Waals surface area contributed by atoms with Crippen LogP contribution in [0.4, 0.5) is 5.69 Å². The highest BCUT2D eigenvalue weighted by Crippen LogP contribution is 2.73. The van der Waals surface area contributed by atoms with E-state index in [9.17, 15) is 9.90 Å². The molecule has 1 aromatic rings. The molecule has 1 aromatic carbocycles. The molecule has 0 amide bonds. The van der Waals surface area contributed by atoms with E-state index in [0.717, 1.165) is 51.6 Å². The van der Waals surface area contributed by atoms with Crippen LogP contribution in [0.15, 0.2) is 34.7 Å². The average Bonchev–Trinajstić information content (AvgIpc) is 3.10. The summed E-state index contributed by atoms with van der Waals surface area (Å²) in [5.74, 6) is 8.73. The molecule has 3 saturated carbocycles. The fraction of sp³-hybridized carbons (Fsp3) is 0.645. The minimum Gasteiger partial charge on any atom is -0.377 e. The van der Waals surface area contributed by atoms with Crippen molar-refractivity contribution in [1.82, 2.24) is 0 Å². The van der Waals surface area contributed by atoms with Crippen molar-refractivity contribution in [1.29, 1.82) is 0 Å². The Morgan fingerprint density at radius 2 is 1.97 bits per heavy atom. The van der Waals surface area contributed by atoms with Crippen LogP contribution in [-0.4, -0.2) is 34.3 Å². The van der Waals surface area contributed by atoms with Gasteiger partial charge in [0, 0.05) is 40.3 Å². The second-order valence-corrected chi connectivity index (χ2v) is 13.2. The second-order valence-electron chi connectivity index (χ2n) is 11.9. The monoisotopic (exact) mass is 489 g/mol. The molecule has 0 bridgehead atoms. The van der Waals surface area contributed by atoms with Gasteiger partial charge in [0.25, 0.3) is 0 Å². The van der Waals surface area contributed by atoms with Gasteiger partial charge < -0.3 is 10.0 Å². The van der Waals surface area contributed by atoms with Crippen molar-refractivity contribution in [2.24, 2.45) is 23.2 Å². The maximum atomic E-state index is 12.6. The fourth-order valence-corrected chi connectivity index (χ4v) is 11.0. The number of ketones is 1. The Balaban J connectivity index is 1.54. The summed E-state index contributed by atoms with van der Waals surface area (Å²) in [6, 6.07) is 7.15. The van der Waals surface area contributed by atoms with Crippen LogP contribution < -0.4 is 4.90 Å². The molecule has 3 nitrogen and oxygen atoms in total. The quantitative estimate of drug-likeness (QED) is 0.502. The summed E-state index contributed by atoms with van der Waals surface area (Å²) in [6.45, 7) is 10.7. The Morgan fingerprint density at radius 3 is 2.71 bits per heavy atom. The largest absolute Gasteiger partial charge is 0.377 e. The van der Waals surface area contributed by atoms with Gasteiger partial charge in [-0.3, -0.25) is 4.79 Å². The predicted octanol–water partition coefficient (Wildman–Crippen LogP) is 6.35. The molecule has 4 aliphatic carbocycles. The molecular formula is C31H39NO2S. The smallest absolute Gasteiger partial charge is 0.155 e. The van der Waals surface area contributed by atoms with Crippen molar-refractivity contribution < 1.29 is 9.90 Å². The number of carbonyl (C=O) groups excluding carboxylic acids is 1. The van der Waals surface area contributed by atoms with Crippen LogP contribution >= 0.6 is 11.8 Å². The number of hydrogen-bond acceptors (Lipinski definition) is 4. The van der Waals surface area contributed by atoms with Crippen molar-refractivity contribution >= 4 is 23.2 Å². The van der Waals surface area contributed by atoms with E-state index >= 15 is 0 Å². The molecule has 1 aliphatic heterocycles. The number of thioether (sulfide) groups is 1. The molecule has 0 saturated heterocycles. The number of aliphatic hydroxyl groups is 1. The first kappa shape index (κ1) is 23.7. The van der Waals surface area contributed by atoms with Crippen LogP contribution in [0.3, 0.4) is 0 Å². The minimum absolute atomic E-state index is 0.0366. The van der Waals surface area contributed by atoms with Gasteiger partial charge >= 0.3 is 0 Å². The zero-order valence-corrected chi connectivity index (χ0v) is 22.5. The van der Waals surface area contributed by atoms with Gasteiger partial charge in [-0.15, -0.1) is 17.7 Å². The van der Waals surface area contributed by atoms with Gasteiger partial charge in [-0.05, 0) is 112 Å². The molecule has 6 rings (SSSR count). The highest BCUT2D eigenvalue weighted by atomic mass is 32.2. The molecule has 7 atom stereocenters. The van der Waals surface area contributed by atoms with E-state index in [1.165, 1.54) is 21.7 Å². The van der Waals surface area contributed by atoms with Crippen molar-refractivity contribution in [3.63, 3.8) is 0 Å². The second kappa shape index (κ2) is 8.15. The van der Waals surface area contributed by atoms with E-state index in [4.69, 9.17) is 0 Å². The Morgan fingerprint density at radius 1 is 1.17 bits per heavy atom. The molecule has 0 radical (unpaired) electrons. The first-order valence-electron chi connectivity index (χ1n) is 13.8. The molecule has 186 valence electrons. The Bertz CT molecular complexity index is 1160. The number of benzene rings is 1. The van der Waals surface area contributed by atoms with E-state index in [-0.39, 0.29) is 10.2 Å². The van der Waals surface area contributed by atoms with Gasteiger partial charge in [0.05, 0.1) is 0 Å². The molecule has 4 heteroatoms. The number of anilines is 1. The molecule has 1 N–H and O–H groups in total. The van der Waals surface area contributed by atoms with E-state index in [1.807, 2.05) is 13.0 Å². The lowest BCUT2D eigenvalue weighted by atomic mass is 9.46. The van der Waals surface area contributed by atoms with Crippen molar-refractivity contribution in [3.8, 4) is 11.8 Å². The standard InChI is InChI=1S/C31H39NO2S/c1-5-14-30(34)15-13-26-24-10-8-20-17-22(33)12-16-31(20)28(24)25(19-29(26,30)4)23-11-9-21(18-27(23)35-31)32(6-2)7-3/h9,11,17-18,24-26,28,34H,6-8,10,12-13,15-16,19H2,1-4H3/t24-,25+,26-,28+,29-,30-,31+/m0/s1. The fourth-order valence-electron chi connectivity index (χ4n) is 9.11. The van der Waals surface area contributed by atoms with Crippen LogP contribution in [0.25, 0.3) is 0 Å². The van der Waals surface area contributed by atoms with Gasteiger partial charge in [-0.1, -0.05) is 18.9 Å². The lowest BCUT2D eigenvalue weighted by molar-refractivity contribution is -0.116. The Hall–Kier alpha value is -1.70. The van der Waals surface area contributed by atoms with Crippen LogP contribution in [0, 0.1) is 35.0 Å². The molecular weight excluding hydrogens is 450 g/mol. The molecule has 35 heavy (non-hydrogen) atoms. The summed E-state index contributed by atoms with van der Waals surface area (Å²) in [4.78, 5) is 16.4. The van der Waals surface area contributed by atoms with Gasteiger partial charge in [0.2, 0.25) is 0 Å². The summed E-state index contributed by atoms with van der Waals surface area (Å²) in [5, 5.41) is 11.9. The molecule has 0 aromatic heterocycles. The first-order chi connectivity index (χ1) is 16.8. The van der Waals surface area contributed by atoms with Crippen molar-refractivity contribution in [3.05, 3.63) is 35.4 Å². The van der Waals surface area contributed by atoms with Crippen molar-refractivity contribution in [2.45, 2.75) is 93.8 Å². The van der Waals surface area contributed by atoms with E-state index in [2.05, 4.69) is 67.5 Å². The van der Waals surface area contributed by atoms with Crippen molar-refractivity contribution in [2.75, 3.05) is 18.0 Å². The van der Waals surface area contributed by atoms with Crippen LogP contribution in [0.2, 0.25) is 0 Å². The van der Waals surface area contributed by atoms with Crippen LogP contribution in [-0.2, 0) is 4.79 Å². The lowest BCUT2D eigenvalue weighted by Crippen LogP contribution is -2.60. The zero-order chi connectivity index (χ0) is 24.6. The first-order valence-corrected chi connectivity index (χ1v) is 14.6. The highest BCUT2D eigenvalue weighted by molar-refractivity contribution is 8.01. The molecule has 3 fully saturated rings. The lowest BCUT2D eigenvalue weighted by Gasteiger charge is -2.64. The number of carbonyl (C=O) groups is 1. The SMILES string of the molecule is CC#C[C@]1(O)CC[C@H]2[C@@H]3CCC4=CC(=O)CC[C@@]45Sc4cc(N(CC)CC)ccc4[C@@H](C[C@@]21C)[C@@H]35. The number of nitrogens with zero attached hydrogens (tertiary/aromatic N) is 1. The Labute approximate surface area is 215 Å². The van der Waals surface area contributed by atoms with E-state index < -0.39 is 5.60 Å². The predicted molar refractivity (Wildman–Crippen MR) is 144 cm³/mol. The third-order valence-electron chi connectivity index (χ3n) is 10.7. The van der Waals surface area contributed by atoms with E-state index in [1.54, 1.807) is 0 Å². The highest BCUT2D eigenvalue weighted by Gasteiger charge is 2.68. The maximum absolute atomic E-state index is 12.6.